The molecule has 2 nitrogen and oxygen atoms in total. The Labute approximate surface area is 123 Å². The molecule has 1 aliphatic heterocycles. The Balaban J connectivity index is 2.06. The standard InChI is InChI=1S/C18H29NO/c1-4-10-19-18(13-17-7-5-6-11-20-17)16-9-8-14(2)15(3)12-16/h8-9,12,17-19H,4-7,10-11,13H2,1-3H3. The minimum absolute atomic E-state index is 0.428. The van der Waals surface area contributed by atoms with Crippen molar-refractivity contribution in [2.75, 3.05) is 13.2 Å². The van der Waals surface area contributed by atoms with Crippen LogP contribution >= 0.6 is 0 Å². The molecule has 1 aromatic carbocycles. The molecule has 0 spiro atoms. The lowest BCUT2D eigenvalue weighted by atomic mass is 9.94. The highest BCUT2D eigenvalue weighted by Crippen LogP contribution is 2.26. The second kappa shape index (κ2) is 7.80. The lowest BCUT2D eigenvalue weighted by Crippen LogP contribution is -2.29. The van der Waals surface area contributed by atoms with Crippen LogP contribution in [0.3, 0.4) is 0 Å². The Morgan fingerprint density at radius 1 is 1.25 bits per heavy atom. The third-order valence-electron chi connectivity index (χ3n) is 4.35. The first-order valence-corrected chi connectivity index (χ1v) is 8.13. The van der Waals surface area contributed by atoms with Crippen LogP contribution in [0.2, 0.25) is 0 Å². The van der Waals surface area contributed by atoms with Crippen LogP contribution in [-0.2, 0) is 4.74 Å². The number of hydrogen-bond acceptors (Lipinski definition) is 2. The summed E-state index contributed by atoms with van der Waals surface area (Å²) in [6.07, 6.45) is 6.47. The van der Waals surface area contributed by atoms with Gasteiger partial charge in [0.25, 0.3) is 0 Å². The zero-order valence-electron chi connectivity index (χ0n) is 13.2. The number of nitrogens with one attached hydrogen (secondary N) is 1. The van der Waals surface area contributed by atoms with Crippen LogP contribution < -0.4 is 5.32 Å². The molecule has 0 aromatic heterocycles. The van der Waals surface area contributed by atoms with Crippen LogP contribution in [0.1, 0.15) is 61.8 Å². The largest absolute Gasteiger partial charge is 0.378 e. The van der Waals surface area contributed by atoms with Gasteiger partial charge in [-0.1, -0.05) is 25.1 Å². The van der Waals surface area contributed by atoms with E-state index in [1.807, 2.05) is 0 Å². The van der Waals surface area contributed by atoms with Crippen molar-refractivity contribution >= 4 is 0 Å². The molecule has 2 unspecified atom stereocenters. The van der Waals surface area contributed by atoms with E-state index in [-0.39, 0.29) is 0 Å². The molecule has 0 radical (unpaired) electrons. The van der Waals surface area contributed by atoms with Gasteiger partial charge in [0.2, 0.25) is 0 Å². The molecule has 0 amide bonds. The molecule has 2 rings (SSSR count). The second-order valence-electron chi connectivity index (χ2n) is 6.07. The quantitative estimate of drug-likeness (QED) is 0.835. The Morgan fingerprint density at radius 2 is 2.10 bits per heavy atom. The molecule has 1 fully saturated rings. The molecule has 0 aliphatic carbocycles. The maximum atomic E-state index is 5.92. The fourth-order valence-electron chi connectivity index (χ4n) is 2.89. The van der Waals surface area contributed by atoms with Crippen molar-refractivity contribution in [3.8, 4) is 0 Å². The normalized spacial score (nSPS) is 20.9. The smallest absolute Gasteiger partial charge is 0.0593 e. The molecular weight excluding hydrogens is 246 g/mol. The SMILES string of the molecule is CCCNC(CC1CCCCO1)c1ccc(C)c(C)c1. The van der Waals surface area contributed by atoms with Gasteiger partial charge in [-0.3, -0.25) is 0 Å². The average molecular weight is 275 g/mol. The molecule has 1 N–H and O–H groups in total. The lowest BCUT2D eigenvalue weighted by molar-refractivity contribution is 0.00504. The Kier molecular flexibility index (Phi) is 6.06. The van der Waals surface area contributed by atoms with Crippen molar-refractivity contribution in [3.63, 3.8) is 0 Å². The topological polar surface area (TPSA) is 21.3 Å². The van der Waals surface area contributed by atoms with Crippen molar-refractivity contribution in [1.82, 2.24) is 5.32 Å². The van der Waals surface area contributed by atoms with Crippen LogP contribution in [0.15, 0.2) is 18.2 Å². The molecule has 20 heavy (non-hydrogen) atoms. The summed E-state index contributed by atoms with van der Waals surface area (Å²) in [5.74, 6) is 0. The first-order valence-electron chi connectivity index (χ1n) is 8.13. The Bertz CT molecular complexity index is 410. The monoisotopic (exact) mass is 275 g/mol. The number of aryl methyl sites for hydroxylation is 2. The van der Waals surface area contributed by atoms with Gasteiger partial charge in [0.15, 0.2) is 0 Å². The number of benzene rings is 1. The minimum atomic E-state index is 0.428. The summed E-state index contributed by atoms with van der Waals surface area (Å²) in [7, 11) is 0. The highest BCUT2D eigenvalue weighted by atomic mass is 16.5. The van der Waals surface area contributed by atoms with Gasteiger partial charge in [-0.2, -0.15) is 0 Å². The van der Waals surface area contributed by atoms with Crippen LogP contribution in [-0.4, -0.2) is 19.3 Å². The van der Waals surface area contributed by atoms with Gasteiger partial charge in [-0.25, -0.2) is 0 Å². The predicted octanol–water partition coefficient (Wildman–Crippen LogP) is 4.30. The summed E-state index contributed by atoms with van der Waals surface area (Å²) in [5, 5.41) is 3.70. The van der Waals surface area contributed by atoms with E-state index in [1.165, 1.54) is 42.4 Å². The Morgan fingerprint density at radius 3 is 2.75 bits per heavy atom. The number of hydrogen-bond donors (Lipinski definition) is 1. The van der Waals surface area contributed by atoms with E-state index in [2.05, 4.69) is 44.3 Å². The van der Waals surface area contributed by atoms with Crippen LogP contribution in [0.4, 0.5) is 0 Å². The molecule has 2 heteroatoms. The minimum Gasteiger partial charge on any atom is -0.378 e. The summed E-state index contributed by atoms with van der Waals surface area (Å²) < 4.78 is 5.92. The van der Waals surface area contributed by atoms with Crippen molar-refractivity contribution < 1.29 is 4.74 Å². The first kappa shape index (κ1) is 15.5. The molecule has 1 aliphatic rings. The summed E-state index contributed by atoms with van der Waals surface area (Å²) >= 11 is 0. The van der Waals surface area contributed by atoms with Gasteiger partial charge in [0.1, 0.15) is 0 Å². The number of rotatable bonds is 6. The zero-order chi connectivity index (χ0) is 14.4. The van der Waals surface area contributed by atoms with Gasteiger partial charge in [0.05, 0.1) is 6.10 Å². The highest BCUT2D eigenvalue weighted by molar-refractivity contribution is 5.31. The van der Waals surface area contributed by atoms with Crippen LogP contribution in [0.25, 0.3) is 0 Å². The van der Waals surface area contributed by atoms with Crippen molar-refractivity contribution in [1.29, 1.82) is 0 Å². The summed E-state index contributed by atoms with van der Waals surface area (Å²) in [6, 6.07) is 7.29. The van der Waals surface area contributed by atoms with E-state index in [0.29, 0.717) is 12.1 Å². The molecule has 112 valence electrons. The van der Waals surface area contributed by atoms with Gasteiger partial charge in [0, 0.05) is 12.6 Å². The first-order chi connectivity index (χ1) is 9.70. The molecule has 1 heterocycles. The van der Waals surface area contributed by atoms with Crippen LogP contribution in [0.5, 0.6) is 0 Å². The molecule has 0 saturated carbocycles. The molecule has 1 saturated heterocycles. The lowest BCUT2D eigenvalue weighted by Gasteiger charge is -2.28. The highest BCUT2D eigenvalue weighted by Gasteiger charge is 2.20. The maximum Gasteiger partial charge on any atom is 0.0593 e. The van der Waals surface area contributed by atoms with Gasteiger partial charge < -0.3 is 10.1 Å². The van der Waals surface area contributed by atoms with E-state index in [1.54, 1.807) is 0 Å². The van der Waals surface area contributed by atoms with Gasteiger partial charge in [-0.15, -0.1) is 0 Å². The van der Waals surface area contributed by atoms with Gasteiger partial charge >= 0.3 is 0 Å². The van der Waals surface area contributed by atoms with Gasteiger partial charge in [-0.05, 0) is 69.2 Å². The predicted molar refractivity (Wildman–Crippen MR) is 85.2 cm³/mol. The van der Waals surface area contributed by atoms with E-state index in [0.717, 1.165) is 19.6 Å². The number of ether oxygens (including phenoxy) is 1. The van der Waals surface area contributed by atoms with E-state index < -0.39 is 0 Å². The summed E-state index contributed by atoms with van der Waals surface area (Å²) in [5.41, 5.74) is 4.17. The van der Waals surface area contributed by atoms with Crippen molar-refractivity contribution in [2.45, 2.75) is 65.0 Å². The molecule has 0 bridgehead atoms. The van der Waals surface area contributed by atoms with Crippen molar-refractivity contribution in [3.05, 3.63) is 34.9 Å². The molecule has 1 aromatic rings. The third-order valence-corrected chi connectivity index (χ3v) is 4.35. The maximum absolute atomic E-state index is 5.92. The molecular formula is C18H29NO. The van der Waals surface area contributed by atoms with E-state index in [4.69, 9.17) is 4.74 Å². The summed E-state index contributed by atoms with van der Waals surface area (Å²) in [4.78, 5) is 0. The average Bonchev–Trinajstić information content (AvgIpc) is 2.47. The van der Waals surface area contributed by atoms with E-state index in [9.17, 15) is 0 Å². The van der Waals surface area contributed by atoms with Crippen molar-refractivity contribution in [2.24, 2.45) is 0 Å². The van der Waals surface area contributed by atoms with Crippen LogP contribution in [0, 0.1) is 13.8 Å². The molecule has 2 atom stereocenters. The second-order valence-corrected chi connectivity index (χ2v) is 6.07. The fraction of sp³-hybridized carbons (Fsp3) is 0.667. The third kappa shape index (κ3) is 4.32. The zero-order valence-corrected chi connectivity index (χ0v) is 13.2. The fourth-order valence-corrected chi connectivity index (χ4v) is 2.89. The van der Waals surface area contributed by atoms with E-state index >= 15 is 0 Å². The Hall–Kier alpha value is -0.860. The summed E-state index contributed by atoms with van der Waals surface area (Å²) in [6.45, 7) is 8.62.